The standard InChI is InChI=1S/C19H32N4O3.HI/c1-4-20-19(23-11-8-17(9-12-23)25-5-2)22-15-16-7-6-10-21-18(16)26-14-13-24-3;/h6-7,10,17H,4-5,8-9,11-15H2,1-3H3,(H,20,22);1H. The van der Waals surface area contributed by atoms with Gasteiger partial charge in [0, 0.05) is 45.1 Å². The molecular weight excluding hydrogens is 459 g/mol. The molecule has 1 fully saturated rings. The van der Waals surface area contributed by atoms with Gasteiger partial charge >= 0.3 is 0 Å². The Kier molecular flexibility index (Phi) is 12.4. The molecule has 1 saturated heterocycles. The molecule has 27 heavy (non-hydrogen) atoms. The van der Waals surface area contributed by atoms with Crippen LogP contribution in [0.15, 0.2) is 23.3 Å². The second-order valence-corrected chi connectivity index (χ2v) is 6.12. The van der Waals surface area contributed by atoms with Gasteiger partial charge in [-0.25, -0.2) is 9.98 Å². The molecule has 0 unspecified atom stereocenters. The molecule has 0 aromatic carbocycles. The van der Waals surface area contributed by atoms with Gasteiger partial charge in [-0.1, -0.05) is 6.07 Å². The van der Waals surface area contributed by atoms with Crippen LogP contribution in [-0.2, 0) is 16.0 Å². The van der Waals surface area contributed by atoms with Gasteiger partial charge in [-0.3, -0.25) is 0 Å². The van der Waals surface area contributed by atoms with E-state index < -0.39 is 0 Å². The summed E-state index contributed by atoms with van der Waals surface area (Å²) in [6.45, 7) is 9.24. The topological polar surface area (TPSA) is 68.2 Å². The molecule has 0 amide bonds. The average molecular weight is 492 g/mol. The van der Waals surface area contributed by atoms with Crippen molar-refractivity contribution < 1.29 is 14.2 Å². The van der Waals surface area contributed by atoms with E-state index in [2.05, 4.69) is 29.0 Å². The third-order valence-corrected chi connectivity index (χ3v) is 4.25. The number of rotatable bonds is 9. The summed E-state index contributed by atoms with van der Waals surface area (Å²) >= 11 is 0. The first-order chi connectivity index (χ1) is 12.8. The summed E-state index contributed by atoms with van der Waals surface area (Å²) in [5.41, 5.74) is 0.975. The lowest BCUT2D eigenvalue weighted by Gasteiger charge is -2.34. The van der Waals surface area contributed by atoms with Crippen molar-refractivity contribution in [2.45, 2.75) is 39.3 Å². The summed E-state index contributed by atoms with van der Waals surface area (Å²) in [6, 6.07) is 3.91. The number of methoxy groups -OCH3 is 1. The Labute approximate surface area is 179 Å². The SMILES string of the molecule is CCNC(=NCc1cccnc1OCCOC)N1CCC(OCC)CC1.I. The van der Waals surface area contributed by atoms with Crippen molar-refractivity contribution in [3.8, 4) is 5.88 Å². The molecule has 1 N–H and O–H groups in total. The first-order valence-electron chi connectivity index (χ1n) is 9.48. The Morgan fingerprint density at radius 2 is 2.07 bits per heavy atom. The lowest BCUT2D eigenvalue weighted by Crippen LogP contribution is -2.47. The lowest BCUT2D eigenvalue weighted by atomic mass is 10.1. The Morgan fingerprint density at radius 1 is 1.30 bits per heavy atom. The zero-order valence-corrected chi connectivity index (χ0v) is 19.0. The third-order valence-electron chi connectivity index (χ3n) is 4.25. The van der Waals surface area contributed by atoms with Gasteiger partial charge in [-0.2, -0.15) is 0 Å². The van der Waals surface area contributed by atoms with Crippen LogP contribution in [0.4, 0.5) is 0 Å². The number of likely N-dealkylation sites (tertiary alicyclic amines) is 1. The van der Waals surface area contributed by atoms with Gasteiger partial charge in [0.05, 0.1) is 19.3 Å². The highest BCUT2D eigenvalue weighted by Gasteiger charge is 2.21. The van der Waals surface area contributed by atoms with Crippen molar-refractivity contribution in [1.82, 2.24) is 15.2 Å². The minimum atomic E-state index is 0. The Balaban J connectivity index is 0.00000364. The summed E-state index contributed by atoms with van der Waals surface area (Å²) in [4.78, 5) is 11.4. The minimum absolute atomic E-state index is 0. The monoisotopic (exact) mass is 492 g/mol. The highest BCUT2D eigenvalue weighted by atomic mass is 127. The number of nitrogens with zero attached hydrogens (tertiary/aromatic N) is 3. The number of ether oxygens (including phenoxy) is 3. The van der Waals surface area contributed by atoms with Crippen molar-refractivity contribution in [2.24, 2.45) is 4.99 Å². The van der Waals surface area contributed by atoms with E-state index in [1.165, 1.54) is 0 Å². The molecule has 8 heteroatoms. The molecule has 1 aliphatic heterocycles. The van der Waals surface area contributed by atoms with Gasteiger partial charge in [0.1, 0.15) is 6.61 Å². The summed E-state index contributed by atoms with van der Waals surface area (Å²) < 4.78 is 16.5. The van der Waals surface area contributed by atoms with Gasteiger partial charge in [0.2, 0.25) is 5.88 Å². The van der Waals surface area contributed by atoms with Crippen LogP contribution >= 0.6 is 24.0 Å². The predicted octanol–water partition coefficient (Wildman–Crippen LogP) is 2.69. The van der Waals surface area contributed by atoms with Crippen LogP contribution < -0.4 is 10.1 Å². The Morgan fingerprint density at radius 3 is 2.74 bits per heavy atom. The number of pyridine rings is 1. The van der Waals surface area contributed by atoms with Crippen LogP contribution in [0.3, 0.4) is 0 Å². The second kappa shape index (κ2) is 14.0. The fourth-order valence-corrected chi connectivity index (χ4v) is 2.95. The van der Waals surface area contributed by atoms with Gasteiger partial charge in [0.15, 0.2) is 5.96 Å². The van der Waals surface area contributed by atoms with Crippen LogP contribution in [0.25, 0.3) is 0 Å². The normalized spacial score (nSPS) is 15.4. The van der Waals surface area contributed by atoms with E-state index in [1.54, 1.807) is 13.3 Å². The molecular formula is C19H33IN4O3. The molecule has 2 rings (SSSR count). The van der Waals surface area contributed by atoms with E-state index in [0.717, 1.165) is 50.6 Å². The smallest absolute Gasteiger partial charge is 0.218 e. The molecule has 1 aromatic heterocycles. The number of halogens is 1. The number of hydrogen-bond donors (Lipinski definition) is 1. The zero-order valence-electron chi connectivity index (χ0n) is 16.6. The molecule has 7 nitrogen and oxygen atoms in total. The maximum Gasteiger partial charge on any atom is 0.218 e. The van der Waals surface area contributed by atoms with E-state index in [4.69, 9.17) is 19.2 Å². The fourth-order valence-electron chi connectivity index (χ4n) is 2.95. The van der Waals surface area contributed by atoms with Crippen molar-refractivity contribution in [2.75, 3.05) is 46.6 Å². The highest BCUT2D eigenvalue weighted by Crippen LogP contribution is 2.17. The van der Waals surface area contributed by atoms with Crippen molar-refractivity contribution in [3.05, 3.63) is 23.9 Å². The fraction of sp³-hybridized carbons (Fsp3) is 0.684. The molecule has 1 aromatic rings. The minimum Gasteiger partial charge on any atom is -0.475 e. The second-order valence-electron chi connectivity index (χ2n) is 6.12. The van der Waals surface area contributed by atoms with Crippen molar-refractivity contribution >= 4 is 29.9 Å². The first kappa shape index (κ1) is 23.9. The van der Waals surface area contributed by atoms with Crippen molar-refractivity contribution in [3.63, 3.8) is 0 Å². The summed E-state index contributed by atoms with van der Waals surface area (Å²) in [5, 5.41) is 3.40. The summed E-state index contributed by atoms with van der Waals surface area (Å²) in [7, 11) is 1.66. The van der Waals surface area contributed by atoms with E-state index in [0.29, 0.717) is 31.7 Å². The van der Waals surface area contributed by atoms with E-state index in [1.807, 2.05) is 12.1 Å². The number of aromatic nitrogens is 1. The summed E-state index contributed by atoms with van der Waals surface area (Å²) in [5.74, 6) is 1.56. The Bertz CT molecular complexity index is 552. The number of aliphatic imine (C=N–C) groups is 1. The maximum absolute atomic E-state index is 5.74. The number of guanidine groups is 1. The van der Waals surface area contributed by atoms with Gasteiger partial charge < -0.3 is 24.4 Å². The molecule has 0 bridgehead atoms. The van der Waals surface area contributed by atoms with Crippen LogP contribution in [0.5, 0.6) is 5.88 Å². The average Bonchev–Trinajstić information content (AvgIpc) is 2.67. The number of piperidine rings is 1. The zero-order chi connectivity index (χ0) is 18.6. The molecule has 0 aliphatic carbocycles. The quantitative estimate of drug-likeness (QED) is 0.248. The largest absolute Gasteiger partial charge is 0.475 e. The lowest BCUT2D eigenvalue weighted by molar-refractivity contribution is 0.0263. The van der Waals surface area contributed by atoms with Crippen LogP contribution in [-0.4, -0.2) is 68.5 Å². The Hall–Kier alpha value is -1.13. The molecule has 0 saturated carbocycles. The molecule has 0 atom stereocenters. The van der Waals surface area contributed by atoms with Gasteiger partial charge in [-0.15, -0.1) is 24.0 Å². The third kappa shape index (κ3) is 8.18. The van der Waals surface area contributed by atoms with Crippen molar-refractivity contribution in [1.29, 1.82) is 0 Å². The van der Waals surface area contributed by atoms with E-state index in [-0.39, 0.29) is 24.0 Å². The number of nitrogens with one attached hydrogen (secondary N) is 1. The first-order valence-corrected chi connectivity index (χ1v) is 9.48. The predicted molar refractivity (Wildman–Crippen MR) is 118 cm³/mol. The van der Waals surface area contributed by atoms with Gasteiger partial charge in [-0.05, 0) is 32.8 Å². The van der Waals surface area contributed by atoms with Crippen LogP contribution in [0.1, 0.15) is 32.3 Å². The molecule has 1 aliphatic rings. The molecule has 154 valence electrons. The molecule has 2 heterocycles. The molecule has 0 radical (unpaired) electrons. The summed E-state index contributed by atoms with van der Waals surface area (Å²) in [6.07, 6.45) is 4.18. The molecule has 0 spiro atoms. The maximum atomic E-state index is 5.74. The van der Waals surface area contributed by atoms with Crippen LogP contribution in [0.2, 0.25) is 0 Å². The van der Waals surface area contributed by atoms with Gasteiger partial charge in [0.25, 0.3) is 0 Å². The highest BCUT2D eigenvalue weighted by molar-refractivity contribution is 14.0. The van der Waals surface area contributed by atoms with E-state index >= 15 is 0 Å². The van der Waals surface area contributed by atoms with Crippen LogP contribution in [0, 0.1) is 0 Å². The van der Waals surface area contributed by atoms with E-state index in [9.17, 15) is 0 Å². The number of hydrogen-bond acceptors (Lipinski definition) is 5.